The number of anilines is 1. The summed E-state index contributed by atoms with van der Waals surface area (Å²) in [4.78, 5) is 18.1. The van der Waals surface area contributed by atoms with Crippen molar-refractivity contribution in [1.29, 1.82) is 0 Å². The molecule has 0 N–H and O–H groups in total. The predicted molar refractivity (Wildman–Crippen MR) is 73.0 cm³/mol. The van der Waals surface area contributed by atoms with Crippen LogP contribution in [0.1, 0.15) is 32.4 Å². The summed E-state index contributed by atoms with van der Waals surface area (Å²) >= 11 is 1.62. The number of esters is 1. The number of ether oxygens (including phenoxy) is 1. The highest BCUT2D eigenvalue weighted by atomic mass is 32.1. The number of rotatable bonds is 3. The van der Waals surface area contributed by atoms with Crippen molar-refractivity contribution in [2.75, 3.05) is 18.6 Å². The summed E-state index contributed by atoms with van der Waals surface area (Å²) in [6.45, 7) is 5.61. The lowest BCUT2D eigenvalue weighted by molar-refractivity contribution is -0.139. The number of methoxy groups -OCH3 is 1. The molecule has 1 fully saturated rings. The fourth-order valence-electron chi connectivity index (χ4n) is 2.42. The fraction of sp³-hybridized carbons (Fsp3) is 0.692. The summed E-state index contributed by atoms with van der Waals surface area (Å²) < 4.78 is 4.66. The average Bonchev–Trinajstić information content (AvgIpc) is 2.77. The van der Waals surface area contributed by atoms with E-state index in [9.17, 15) is 4.79 Å². The van der Waals surface area contributed by atoms with Gasteiger partial charge in [-0.05, 0) is 25.7 Å². The third kappa shape index (κ3) is 3.02. The van der Waals surface area contributed by atoms with E-state index in [2.05, 4.69) is 28.5 Å². The summed E-state index contributed by atoms with van der Waals surface area (Å²) in [7, 11) is 1.41. The molecule has 0 bridgehead atoms. The van der Waals surface area contributed by atoms with Crippen molar-refractivity contribution in [3.63, 3.8) is 0 Å². The van der Waals surface area contributed by atoms with Gasteiger partial charge in [0.15, 0.2) is 5.13 Å². The van der Waals surface area contributed by atoms with Crippen molar-refractivity contribution in [1.82, 2.24) is 4.98 Å². The first-order valence-electron chi connectivity index (χ1n) is 6.38. The molecule has 0 saturated carbocycles. The number of carbonyl (C=O) groups excluding carboxylic acids is 1. The number of carbonyl (C=O) groups is 1. The first-order valence-corrected chi connectivity index (χ1v) is 7.26. The molecule has 0 amide bonds. The Morgan fingerprint density at radius 1 is 1.61 bits per heavy atom. The molecule has 1 aliphatic rings. The van der Waals surface area contributed by atoms with Crippen LogP contribution in [0.25, 0.3) is 0 Å². The second-order valence-corrected chi connectivity index (χ2v) is 5.88. The van der Waals surface area contributed by atoms with Crippen LogP contribution >= 0.6 is 11.3 Å². The van der Waals surface area contributed by atoms with Gasteiger partial charge in [-0.3, -0.25) is 4.79 Å². The smallest absolute Gasteiger partial charge is 0.311 e. The van der Waals surface area contributed by atoms with Crippen molar-refractivity contribution in [2.24, 2.45) is 5.92 Å². The Bertz CT molecular complexity index is 419. The Hall–Kier alpha value is -1.10. The molecule has 0 radical (unpaired) electrons. The van der Waals surface area contributed by atoms with E-state index in [4.69, 9.17) is 0 Å². The lowest BCUT2D eigenvalue weighted by Crippen LogP contribution is -2.40. The van der Waals surface area contributed by atoms with Gasteiger partial charge >= 0.3 is 5.97 Å². The zero-order valence-electron chi connectivity index (χ0n) is 11.2. The maximum Gasteiger partial charge on any atom is 0.311 e. The summed E-state index contributed by atoms with van der Waals surface area (Å²) in [5.41, 5.74) is 0.813. The maximum atomic E-state index is 11.2. The highest BCUT2D eigenvalue weighted by molar-refractivity contribution is 7.13. The molecule has 2 rings (SSSR count). The van der Waals surface area contributed by atoms with Gasteiger partial charge in [-0.2, -0.15) is 0 Å². The summed E-state index contributed by atoms with van der Waals surface area (Å²) in [5.74, 6) is 0.568. The molecule has 1 aromatic heterocycles. The van der Waals surface area contributed by atoms with E-state index in [1.807, 2.05) is 5.38 Å². The Kier molecular flexibility index (Phi) is 4.22. The molecular weight excluding hydrogens is 248 g/mol. The second kappa shape index (κ2) is 5.69. The number of hydrogen-bond acceptors (Lipinski definition) is 5. The zero-order valence-corrected chi connectivity index (χ0v) is 12.0. The van der Waals surface area contributed by atoms with E-state index in [1.165, 1.54) is 20.0 Å². The van der Waals surface area contributed by atoms with Crippen LogP contribution in [0.2, 0.25) is 0 Å². The Morgan fingerprint density at radius 3 is 3.06 bits per heavy atom. The molecule has 2 atom stereocenters. The van der Waals surface area contributed by atoms with Gasteiger partial charge in [0.1, 0.15) is 0 Å². The van der Waals surface area contributed by atoms with Gasteiger partial charge in [-0.15, -0.1) is 11.3 Å². The minimum Gasteiger partial charge on any atom is -0.469 e. The minimum absolute atomic E-state index is 0.229. The third-order valence-electron chi connectivity index (χ3n) is 3.48. The number of piperidine rings is 1. The molecule has 5 heteroatoms. The summed E-state index contributed by atoms with van der Waals surface area (Å²) in [6.07, 6.45) is 2.70. The standard InChI is InChI=1S/C13H20N2O2S/c1-9-4-5-15(10(2)6-9)13-14-11(8-18-13)7-12(16)17-3/h8-10H,4-7H2,1-3H3. The predicted octanol–water partition coefficient (Wildman–Crippen LogP) is 2.48. The van der Waals surface area contributed by atoms with E-state index in [0.29, 0.717) is 6.04 Å². The molecule has 1 aliphatic heterocycles. The zero-order chi connectivity index (χ0) is 13.1. The number of thiazole rings is 1. The van der Waals surface area contributed by atoms with Crippen molar-refractivity contribution in [2.45, 2.75) is 39.2 Å². The number of aromatic nitrogens is 1. The number of nitrogens with zero attached hydrogens (tertiary/aromatic N) is 2. The lowest BCUT2D eigenvalue weighted by Gasteiger charge is -2.36. The highest BCUT2D eigenvalue weighted by Crippen LogP contribution is 2.30. The normalized spacial score (nSPS) is 24.1. The minimum atomic E-state index is -0.229. The summed E-state index contributed by atoms with van der Waals surface area (Å²) in [5, 5.41) is 2.99. The molecule has 2 unspecified atom stereocenters. The monoisotopic (exact) mass is 268 g/mol. The van der Waals surface area contributed by atoms with Gasteiger partial charge in [0, 0.05) is 18.0 Å². The molecule has 0 spiro atoms. The van der Waals surface area contributed by atoms with Gasteiger partial charge in [-0.25, -0.2) is 4.98 Å². The van der Waals surface area contributed by atoms with Crippen LogP contribution < -0.4 is 4.90 Å². The van der Waals surface area contributed by atoms with E-state index in [-0.39, 0.29) is 12.4 Å². The lowest BCUT2D eigenvalue weighted by atomic mass is 9.94. The van der Waals surface area contributed by atoms with Gasteiger partial charge in [0.05, 0.1) is 19.2 Å². The van der Waals surface area contributed by atoms with Crippen LogP contribution in [-0.2, 0) is 16.0 Å². The van der Waals surface area contributed by atoms with Crippen LogP contribution in [0.15, 0.2) is 5.38 Å². The van der Waals surface area contributed by atoms with Gasteiger partial charge in [0.2, 0.25) is 0 Å². The number of hydrogen-bond donors (Lipinski definition) is 0. The van der Waals surface area contributed by atoms with E-state index < -0.39 is 0 Å². The molecule has 18 heavy (non-hydrogen) atoms. The van der Waals surface area contributed by atoms with Crippen LogP contribution in [0.5, 0.6) is 0 Å². The molecular formula is C13H20N2O2S. The molecule has 1 aromatic rings. The maximum absolute atomic E-state index is 11.2. The Morgan fingerprint density at radius 2 is 2.39 bits per heavy atom. The van der Waals surface area contributed by atoms with Crippen molar-refractivity contribution in [3.05, 3.63) is 11.1 Å². The highest BCUT2D eigenvalue weighted by Gasteiger charge is 2.25. The van der Waals surface area contributed by atoms with Gasteiger partial charge in [0.25, 0.3) is 0 Å². The first kappa shape index (κ1) is 13.3. The molecule has 4 nitrogen and oxygen atoms in total. The first-order chi connectivity index (χ1) is 8.60. The largest absolute Gasteiger partial charge is 0.469 e. The second-order valence-electron chi connectivity index (χ2n) is 5.05. The third-order valence-corrected chi connectivity index (χ3v) is 4.40. The topological polar surface area (TPSA) is 42.4 Å². The fourth-order valence-corrected chi connectivity index (χ4v) is 3.37. The average molecular weight is 268 g/mol. The van der Waals surface area contributed by atoms with E-state index in [1.54, 1.807) is 11.3 Å². The van der Waals surface area contributed by atoms with Crippen molar-refractivity contribution < 1.29 is 9.53 Å². The molecule has 100 valence electrons. The molecule has 2 heterocycles. The van der Waals surface area contributed by atoms with Crippen LogP contribution in [0.3, 0.4) is 0 Å². The van der Waals surface area contributed by atoms with E-state index >= 15 is 0 Å². The quantitative estimate of drug-likeness (QED) is 0.790. The molecule has 1 saturated heterocycles. The van der Waals surface area contributed by atoms with Crippen molar-refractivity contribution >= 4 is 22.4 Å². The molecule has 0 aliphatic carbocycles. The van der Waals surface area contributed by atoms with Crippen molar-refractivity contribution in [3.8, 4) is 0 Å². The van der Waals surface area contributed by atoms with Crippen LogP contribution in [-0.4, -0.2) is 30.6 Å². The van der Waals surface area contributed by atoms with Gasteiger partial charge in [-0.1, -0.05) is 6.92 Å². The Balaban J connectivity index is 2.03. The Labute approximate surface area is 112 Å². The summed E-state index contributed by atoms with van der Waals surface area (Å²) in [6, 6.07) is 0.533. The molecule has 0 aromatic carbocycles. The van der Waals surface area contributed by atoms with Gasteiger partial charge < -0.3 is 9.64 Å². The SMILES string of the molecule is COC(=O)Cc1csc(N2CCC(C)CC2C)n1. The van der Waals surface area contributed by atoms with E-state index in [0.717, 1.165) is 23.3 Å². The van der Waals surface area contributed by atoms with Crippen LogP contribution in [0, 0.1) is 5.92 Å². The van der Waals surface area contributed by atoms with Crippen LogP contribution in [0.4, 0.5) is 5.13 Å².